The maximum absolute atomic E-state index is 13.9. The van der Waals surface area contributed by atoms with Crippen molar-refractivity contribution in [1.82, 2.24) is 14.8 Å². The van der Waals surface area contributed by atoms with Crippen LogP contribution in [-0.2, 0) is 19.4 Å². The van der Waals surface area contributed by atoms with Crippen molar-refractivity contribution in [2.24, 2.45) is 0 Å². The van der Waals surface area contributed by atoms with Crippen LogP contribution < -0.4 is 5.73 Å². The number of hydrogen-bond acceptors (Lipinski definition) is 3. The lowest BCUT2D eigenvalue weighted by Crippen LogP contribution is -2.03. The fourth-order valence-corrected chi connectivity index (χ4v) is 2.50. The summed E-state index contributed by atoms with van der Waals surface area (Å²) in [7, 11) is 0. The van der Waals surface area contributed by atoms with Crippen LogP contribution in [0.3, 0.4) is 0 Å². The molecule has 0 aliphatic heterocycles. The molecule has 0 bridgehead atoms. The van der Waals surface area contributed by atoms with Gasteiger partial charge in [-0.3, -0.25) is 9.67 Å². The Balaban J connectivity index is 1.86. The van der Waals surface area contributed by atoms with Gasteiger partial charge in [0.2, 0.25) is 0 Å². The summed E-state index contributed by atoms with van der Waals surface area (Å²) in [6.45, 7) is 2.74. The number of benzene rings is 1. The third-order valence-corrected chi connectivity index (χ3v) is 3.73. The minimum Gasteiger partial charge on any atom is -0.396 e. The first-order valence-electron chi connectivity index (χ1n) is 7.13. The third kappa shape index (κ3) is 2.52. The molecule has 6 heteroatoms. The fourth-order valence-electron chi connectivity index (χ4n) is 2.50. The Morgan fingerprint density at radius 1 is 1.18 bits per heavy atom. The van der Waals surface area contributed by atoms with E-state index < -0.39 is 11.6 Å². The standard InChI is InChI=1S/C16H16F2N4/c1-2-22-15-7-10(8-20-14(15)9-21-22)3-4-11-12(17)5-6-13(19)16(11)18/h5-9H,2-4,19H2,1H3. The van der Waals surface area contributed by atoms with E-state index >= 15 is 0 Å². The zero-order valence-electron chi connectivity index (χ0n) is 12.2. The van der Waals surface area contributed by atoms with E-state index in [4.69, 9.17) is 5.73 Å². The van der Waals surface area contributed by atoms with Crippen LogP contribution in [0.25, 0.3) is 11.0 Å². The Morgan fingerprint density at radius 2 is 2.00 bits per heavy atom. The molecule has 0 aliphatic rings. The summed E-state index contributed by atoms with van der Waals surface area (Å²) in [4.78, 5) is 4.33. The van der Waals surface area contributed by atoms with E-state index in [0.717, 1.165) is 23.1 Å². The molecular formula is C16H16F2N4. The lowest BCUT2D eigenvalue weighted by atomic mass is 10.0. The van der Waals surface area contributed by atoms with Crippen LogP contribution >= 0.6 is 0 Å². The van der Waals surface area contributed by atoms with Crippen LogP contribution in [0.5, 0.6) is 0 Å². The summed E-state index contributed by atoms with van der Waals surface area (Å²) in [5.41, 5.74) is 8.12. The van der Waals surface area contributed by atoms with Gasteiger partial charge in [0, 0.05) is 18.3 Å². The number of halogens is 2. The molecule has 22 heavy (non-hydrogen) atoms. The second-order valence-electron chi connectivity index (χ2n) is 5.14. The second kappa shape index (κ2) is 5.71. The number of aryl methyl sites for hydroxylation is 2. The zero-order valence-corrected chi connectivity index (χ0v) is 12.2. The molecule has 2 aromatic heterocycles. The Kier molecular flexibility index (Phi) is 3.75. The highest BCUT2D eigenvalue weighted by molar-refractivity contribution is 5.74. The van der Waals surface area contributed by atoms with Crippen LogP contribution in [0.1, 0.15) is 18.1 Å². The molecule has 0 atom stereocenters. The summed E-state index contributed by atoms with van der Waals surface area (Å²) in [5, 5.41) is 4.23. The Bertz CT molecular complexity index is 826. The summed E-state index contributed by atoms with van der Waals surface area (Å²) >= 11 is 0. The van der Waals surface area contributed by atoms with Crippen molar-refractivity contribution in [3.8, 4) is 0 Å². The molecule has 3 aromatic rings. The highest BCUT2D eigenvalue weighted by Crippen LogP contribution is 2.21. The molecule has 0 saturated heterocycles. The van der Waals surface area contributed by atoms with Gasteiger partial charge in [-0.1, -0.05) is 0 Å². The summed E-state index contributed by atoms with van der Waals surface area (Å²) in [6, 6.07) is 4.39. The van der Waals surface area contributed by atoms with Gasteiger partial charge in [0.05, 0.1) is 17.4 Å². The second-order valence-corrected chi connectivity index (χ2v) is 5.14. The highest BCUT2D eigenvalue weighted by Gasteiger charge is 2.12. The first-order valence-corrected chi connectivity index (χ1v) is 7.13. The third-order valence-electron chi connectivity index (χ3n) is 3.73. The molecule has 114 valence electrons. The minimum atomic E-state index is -0.673. The van der Waals surface area contributed by atoms with Crippen LogP contribution in [0, 0.1) is 11.6 Å². The molecule has 0 radical (unpaired) electrons. The number of aromatic nitrogens is 3. The van der Waals surface area contributed by atoms with Crippen LogP contribution in [-0.4, -0.2) is 14.8 Å². The zero-order chi connectivity index (χ0) is 15.7. The monoisotopic (exact) mass is 302 g/mol. The smallest absolute Gasteiger partial charge is 0.152 e. The molecule has 0 unspecified atom stereocenters. The maximum atomic E-state index is 13.9. The molecule has 1 aromatic carbocycles. The summed E-state index contributed by atoms with van der Waals surface area (Å²) in [6.07, 6.45) is 4.14. The van der Waals surface area contributed by atoms with Gasteiger partial charge in [0.15, 0.2) is 5.82 Å². The van der Waals surface area contributed by atoms with E-state index in [1.54, 1.807) is 12.4 Å². The number of rotatable bonds is 4. The van der Waals surface area contributed by atoms with Crippen molar-refractivity contribution >= 4 is 16.7 Å². The van der Waals surface area contributed by atoms with Gasteiger partial charge < -0.3 is 5.73 Å². The summed E-state index contributed by atoms with van der Waals surface area (Å²) < 4.78 is 29.5. The molecule has 0 spiro atoms. The van der Waals surface area contributed by atoms with Crippen molar-refractivity contribution in [3.05, 3.63) is 53.4 Å². The van der Waals surface area contributed by atoms with Crippen LogP contribution in [0.15, 0.2) is 30.6 Å². The quantitative estimate of drug-likeness (QED) is 0.753. The first kappa shape index (κ1) is 14.4. The number of anilines is 1. The molecule has 2 N–H and O–H groups in total. The van der Waals surface area contributed by atoms with Gasteiger partial charge in [0.25, 0.3) is 0 Å². The lowest BCUT2D eigenvalue weighted by Gasteiger charge is -2.07. The SMILES string of the molecule is CCn1ncc2ncc(CCc3c(F)ccc(N)c3F)cc21. The minimum absolute atomic E-state index is 0.0177. The van der Waals surface area contributed by atoms with Gasteiger partial charge in [-0.05, 0) is 43.5 Å². The Morgan fingerprint density at radius 3 is 2.77 bits per heavy atom. The normalized spacial score (nSPS) is 11.2. The lowest BCUT2D eigenvalue weighted by molar-refractivity contribution is 0.557. The molecule has 2 heterocycles. The number of hydrogen-bond donors (Lipinski definition) is 1. The summed E-state index contributed by atoms with van der Waals surface area (Å²) in [5.74, 6) is -1.24. The average molecular weight is 302 g/mol. The molecule has 0 fully saturated rings. The van der Waals surface area contributed by atoms with Gasteiger partial charge in [-0.15, -0.1) is 0 Å². The number of nitrogen functional groups attached to an aromatic ring is 1. The molecule has 0 amide bonds. The Hall–Kier alpha value is -2.50. The van der Waals surface area contributed by atoms with Gasteiger partial charge in [-0.2, -0.15) is 5.10 Å². The van der Waals surface area contributed by atoms with E-state index in [2.05, 4.69) is 10.1 Å². The maximum Gasteiger partial charge on any atom is 0.152 e. The van der Waals surface area contributed by atoms with Crippen LogP contribution in [0.2, 0.25) is 0 Å². The molecular weight excluding hydrogens is 286 g/mol. The predicted octanol–water partition coefficient (Wildman–Crippen LogP) is 3.10. The largest absolute Gasteiger partial charge is 0.396 e. The van der Waals surface area contributed by atoms with E-state index in [-0.39, 0.29) is 17.7 Å². The Labute approximate surface area is 126 Å². The van der Waals surface area contributed by atoms with Crippen molar-refractivity contribution < 1.29 is 8.78 Å². The fraction of sp³-hybridized carbons (Fsp3) is 0.250. The molecule has 0 aliphatic carbocycles. The van der Waals surface area contributed by atoms with E-state index in [9.17, 15) is 8.78 Å². The first-order chi connectivity index (χ1) is 10.6. The highest BCUT2D eigenvalue weighted by atomic mass is 19.1. The topological polar surface area (TPSA) is 56.7 Å². The number of nitrogens with two attached hydrogens (primary N) is 1. The van der Waals surface area contributed by atoms with Crippen molar-refractivity contribution in [3.63, 3.8) is 0 Å². The number of pyridine rings is 1. The molecule has 0 saturated carbocycles. The molecule has 4 nitrogen and oxygen atoms in total. The molecule has 3 rings (SSSR count). The van der Waals surface area contributed by atoms with Gasteiger partial charge in [-0.25, -0.2) is 8.78 Å². The van der Waals surface area contributed by atoms with Gasteiger partial charge >= 0.3 is 0 Å². The van der Waals surface area contributed by atoms with E-state index in [0.29, 0.717) is 6.42 Å². The van der Waals surface area contributed by atoms with E-state index in [1.165, 1.54) is 12.1 Å². The number of nitrogens with zero attached hydrogens (tertiary/aromatic N) is 3. The predicted molar refractivity (Wildman–Crippen MR) is 81.4 cm³/mol. The van der Waals surface area contributed by atoms with Gasteiger partial charge in [0.1, 0.15) is 11.3 Å². The van der Waals surface area contributed by atoms with E-state index in [1.807, 2.05) is 17.7 Å². The number of fused-ring (bicyclic) bond motifs is 1. The van der Waals surface area contributed by atoms with Crippen molar-refractivity contribution in [2.75, 3.05) is 5.73 Å². The van der Waals surface area contributed by atoms with Crippen molar-refractivity contribution in [2.45, 2.75) is 26.3 Å². The van der Waals surface area contributed by atoms with Crippen LogP contribution in [0.4, 0.5) is 14.5 Å². The average Bonchev–Trinajstić information content (AvgIpc) is 2.93. The van der Waals surface area contributed by atoms with Crippen molar-refractivity contribution in [1.29, 1.82) is 0 Å².